The number of thioether (sulfide) groups is 1. The third-order valence-corrected chi connectivity index (χ3v) is 12.3. The molecule has 0 bridgehead atoms. The molecule has 13 N–H and O–H groups in total. The van der Waals surface area contributed by atoms with Crippen LogP contribution < -0.4 is 48.3 Å². The maximum atomic E-state index is 14.2. The lowest BCUT2D eigenvalue weighted by molar-refractivity contribution is -0.136. The van der Waals surface area contributed by atoms with Crippen LogP contribution in [0.5, 0.6) is 0 Å². The number of aromatic nitrogens is 5. The molecule has 73 heavy (non-hydrogen) atoms. The number of nitrogens with two attached hydrogens (primary N) is 1. The molecule has 398 valence electrons. The largest absolute Gasteiger partial charge is 0.368 e. The zero-order valence-corrected chi connectivity index (χ0v) is 43.7. The second-order valence-corrected chi connectivity index (χ2v) is 20.7. The highest BCUT2D eigenvalue weighted by atomic mass is 32.2. The number of H-pyrrole nitrogens is 3. The number of benzene rings is 1. The summed E-state index contributed by atoms with van der Waals surface area (Å²) >= 11 is 1.48. The van der Waals surface area contributed by atoms with Crippen molar-refractivity contribution in [2.24, 2.45) is 23.0 Å². The first-order valence-corrected chi connectivity index (χ1v) is 25.5. The molecule has 0 unspecified atom stereocenters. The second-order valence-electron chi connectivity index (χ2n) is 19.7. The number of para-hydroxylation sites is 1. The molecule has 3 aromatic heterocycles. The lowest BCUT2D eigenvalue weighted by Crippen LogP contribution is -2.59. The normalized spacial score (nSPS) is 14.4. The van der Waals surface area contributed by atoms with Gasteiger partial charge in [0.25, 0.3) is 0 Å². The number of primary amides is 1. The molecule has 0 radical (unpaired) electrons. The Bertz CT molecular complexity index is 2500. The molecule has 4 rings (SSSR count). The fraction of sp³-hybridized carbons (Fsp3) is 0.531. The van der Waals surface area contributed by atoms with Crippen molar-refractivity contribution in [1.82, 2.24) is 67.5 Å². The van der Waals surface area contributed by atoms with E-state index >= 15 is 0 Å². The van der Waals surface area contributed by atoms with Crippen molar-refractivity contribution in [1.29, 1.82) is 0 Å². The molecule has 3 heterocycles. The number of hydrogen-bond donors (Lipinski definition) is 12. The van der Waals surface area contributed by atoms with Gasteiger partial charge in [0, 0.05) is 65.6 Å². The molecule has 0 saturated heterocycles. The molecule has 1 aromatic carbocycles. The number of fused-ring (bicyclic) bond motifs is 1. The Morgan fingerprint density at radius 1 is 0.644 bits per heavy atom. The van der Waals surface area contributed by atoms with Crippen LogP contribution in [0.25, 0.3) is 10.9 Å². The Morgan fingerprint density at radius 3 is 1.74 bits per heavy atom. The minimum absolute atomic E-state index is 0.00680. The van der Waals surface area contributed by atoms with E-state index in [9.17, 15) is 43.2 Å². The van der Waals surface area contributed by atoms with E-state index in [0.29, 0.717) is 22.7 Å². The van der Waals surface area contributed by atoms with Gasteiger partial charge in [-0.15, -0.1) is 0 Å². The van der Waals surface area contributed by atoms with Gasteiger partial charge in [0.15, 0.2) is 0 Å². The van der Waals surface area contributed by atoms with Gasteiger partial charge in [-0.1, -0.05) is 66.7 Å². The zero-order chi connectivity index (χ0) is 54.0. The fourth-order valence-electron chi connectivity index (χ4n) is 7.51. The first-order chi connectivity index (χ1) is 34.5. The Kier molecular flexibility index (Phi) is 22.0. The highest BCUT2D eigenvalue weighted by Crippen LogP contribution is 2.20. The van der Waals surface area contributed by atoms with Crippen molar-refractivity contribution in [2.45, 2.75) is 130 Å². The molecule has 9 amide bonds. The van der Waals surface area contributed by atoms with Gasteiger partial charge >= 0.3 is 0 Å². The topological polar surface area (TPSA) is 349 Å². The van der Waals surface area contributed by atoms with Crippen molar-refractivity contribution < 1.29 is 43.2 Å². The van der Waals surface area contributed by atoms with Crippen molar-refractivity contribution >= 4 is 75.8 Å². The first-order valence-electron chi connectivity index (χ1n) is 24.1. The summed E-state index contributed by atoms with van der Waals surface area (Å²) in [6.07, 6.45) is 9.84. The summed E-state index contributed by atoms with van der Waals surface area (Å²) < 4.78 is 0. The van der Waals surface area contributed by atoms with E-state index in [-0.39, 0.29) is 38.0 Å². The summed E-state index contributed by atoms with van der Waals surface area (Å²) in [5.74, 6) is -6.12. The molecular formula is C49H72N14O9S. The summed E-state index contributed by atoms with van der Waals surface area (Å²) in [5.41, 5.74) is 7.24. The molecule has 4 aromatic rings. The molecule has 0 aliphatic heterocycles. The van der Waals surface area contributed by atoms with E-state index in [1.165, 1.54) is 43.7 Å². The van der Waals surface area contributed by atoms with Crippen LogP contribution in [0.3, 0.4) is 0 Å². The minimum atomic E-state index is -1.25. The number of hydrogen-bond acceptors (Lipinski definition) is 12. The van der Waals surface area contributed by atoms with Crippen molar-refractivity contribution in [3.05, 3.63) is 72.5 Å². The van der Waals surface area contributed by atoms with Gasteiger partial charge in [-0.05, 0) is 55.2 Å². The van der Waals surface area contributed by atoms with Gasteiger partial charge in [0.05, 0.1) is 19.2 Å². The number of carbonyl (C=O) groups is 9. The smallest absolute Gasteiger partial charge is 0.243 e. The van der Waals surface area contributed by atoms with Crippen LogP contribution in [0.4, 0.5) is 0 Å². The quantitative estimate of drug-likeness (QED) is 0.0362. The molecule has 0 saturated carbocycles. The first kappa shape index (κ1) is 58.3. The summed E-state index contributed by atoms with van der Waals surface area (Å²) in [4.78, 5) is 139. The molecule has 23 nitrogen and oxygen atoms in total. The van der Waals surface area contributed by atoms with Crippen LogP contribution in [0.1, 0.15) is 85.2 Å². The van der Waals surface area contributed by atoms with Gasteiger partial charge in [-0.2, -0.15) is 11.8 Å². The standard InChI is InChI=1S/C49H72N14O9S/c1-26(2)16-35(44(68)59-34(41(50)65)14-15-73-9)60-45(69)37(18-30-21-51-24-55-30)58-39(64)23-54-47(71)40(27(3)4)63-42(66)28(5)57-43(67)36(17-29-20-53-33-13-11-10-12-32(29)33)61-46(70)38(19-31-22-52-25-56-31)62-48(72)49(6,7)8/h10-13,20-22,24-28,34-38,40,53H,14-19,23H2,1-9H3,(H2,50,65)(H,51,55)(H,52,56)(H,54,71)(H,57,67)(H,58,64)(H,59,68)(H,60,69)(H,61,70)(H,62,72)(H,63,66)/t28-,34-,35-,36-,37-,38-,40-/m0/s1. The average Bonchev–Trinajstić information content (AvgIpc) is 4.13. The van der Waals surface area contributed by atoms with Crippen LogP contribution in [0.2, 0.25) is 0 Å². The Balaban J connectivity index is 1.44. The highest BCUT2D eigenvalue weighted by molar-refractivity contribution is 7.98. The lowest BCUT2D eigenvalue weighted by Gasteiger charge is -2.27. The number of nitrogens with one attached hydrogen (secondary N) is 11. The molecule has 0 aliphatic rings. The van der Waals surface area contributed by atoms with E-state index in [0.717, 1.165) is 10.9 Å². The Hall–Kier alpha value is -7.24. The van der Waals surface area contributed by atoms with E-state index < -0.39 is 113 Å². The Labute approximate surface area is 428 Å². The van der Waals surface area contributed by atoms with Gasteiger partial charge in [0.2, 0.25) is 53.2 Å². The predicted octanol–water partition coefficient (Wildman–Crippen LogP) is 0.158. The zero-order valence-electron chi connectivity index (χ0n) is 42.9. The molecule has 7 atom stereocenters. The van der Waals surface area contributed by atoms with Crippen LogP contribution in [0, 0.1) is 17.3 Å². The van der Waals surface area contributed by atoms with Crippen molar-refractivity contribution in [3.63, 3.8) is 0 Å². The van der Waals surface area contributed by atoms with E-state index in [1.54, 1.807) is 40.8 Å². The summed E-state index contributed by atoms with van der Waals surface area (Å²) in [6.45, 7) is 12.9. The number of nitrogens with zero attached hydrogens (tertiary/aromatic N) is 2. The van der Waals surface area contributed by atoms with E-state index in [2.05, 4.69) is 67.5 Å². The number of carbonyl (C=O) groups excluding carboxylic acids is 9. The summed E-state index contributed by atoms with van der Waals surface area (Å²) in [6, 6.07) is -0.699. The fourth-order valence-corrected chi connectivity index (χ4v) is 7.98. The van der Waals surface area contributed by atoms with Gasteiger partial charge in [-0.25, -0.2) is 9.97 Å². The number of rotatable bonds is 28. The predicted molar refractivity (Wildman–Crippen MR) is 275 cm³/mol. The Morgan fingerprint density at radius 2 is 1.19 bits per heavy atom. The summed E-state index contributed by atoms with van der Waals surface area (Å²) in [7, 11) is 0. The minimum Gasteiger partial charge on any atom is -0.368 e. The molecule has 0 aliphatic carbocycles. The number of imidazole rings is 2. The number of amides is 9. The van der Waals surface area contributed by atoms with Crippen LogP contribution in [-0.4, -0.2) is 139 Å². The van der Waals surface area contributed by atoms with E-state index in [1.807, 2.05) is 44.4 Å². The number of aromatic amines is 3. The molecule has 0 spiro atoms. The van der Waals surface area contributed by atoms with Crippen LogP contribution in [0.15, 0.2) is 55.5 Å². The molecular weight excluding hydrogens is 961 g/mol. The van der Waals surface area contributed by atoms with E-state index in [4.69, 9.17) is 5.73 Å². The third kappa shape index (κ3) is 18.4. The van der Waals surface area contributed by atoms with Gasteiger partial charge < -0.3 is 63.2 Å². The second kappa shape index (κ2) is 27.5. The van der Waals surface area contributed by atoms with Crippen molar-refractivity contribution in [2.75, 3.05) is 18.6 Å². The maximum absolute atomic E-state index is 14.2. The average molecular weight is 1030 g/mol. The monoisotopic (exact) mass is 1030 g/mol. The third-order valence-electron chi connectivity index (χ3n) is 11.7. The lowest BCUT2D eigenvalue weighted by atomic mass is 9.94. The van der Waals surface area contributed by atoms with Gasteiger partial charge in [-0.3, -0.25) is 43.2 Å². The SMILES string of the molecule is CSCC[C@H](NC(=O)[C@H](CC(C)C)NC(=O)[C@H](Cc1cnc[nH]1)NC(=O)CNC(=O)[C@@H](NC(=O)[C@H](C)NC(=O)[C@H](Cc1c[nH]c2ccccc12)NC(=O)[C@H](Cc1cnc[nH]1)NC(=O)C(C)(C)C)C(C)C)C(N)=O. The molecule has 0 fully saturated rings. The highest BCUT2D eigenvalue weighted by Gasteiger charge is 2.34. The molecule has 24 heteroatoms. The van der Waals surface area contributed by atoms with Crippen molar-refractivity contribution in [3.8, 4) is 0 Å². The van der Waals surface area contributed by atoms with Crippen LogP contribution in [-0.2, 0) is 62.4 Å². The maximum Gasteiger partial charge on any atom is 0.243 e. The van der Waals surface area contributed by atoms with Crippen LogP contribution >= 0.6 is 11.8 Å². The summed E-state index contributed by atoms with van der Waals surface area (Å²) in [5, 5.41) is 22.2. The van der Waals surface area contributed by atoms with Gasteiger partial charge in [0.1, 0.15) is 42.3 Å².